The van der Waals surface area contributed by atoms with Crippen LogP contribution in [0.5, 0.6) is 0 Å². The van der Waals surface area contributed by atoms with Crippen molar-refractivity contribution >= 4 is 5.65 Å². The van der Waals surface area contributed by atoms with Crippen LogP contribution in [-0.4, -0.2) is 21.6 Å². The van der Waals surface area contributed by atoms with Crippen LogP contribution >= 0.6 is 0 Å². The van der Waals surface area contributed by atoms with Gasteiger partial charge in [-0.2, -0.15) is 5.10 Å². The molecule has 0 aliphatic rings. The zero-order valence-corrected chi connectivity index (χ0v) is 9.03. The van der Waals surface area contributed by atoms with Crippen molar-refractivity contribution < 1.29 is 0 Å². The zero-order valence-electron chi connectivity index (χ0n) is 9.03. The standard InChI is InChI=1S/C10H14N4O/c1-6-5-14-9(12-10(6)15)4-8(13-14)7(2)11-3/h4-5,7,11H,1-3H3,(H,12,15)/t7-/m0/s1. The van der Waals surface area contributed by atoms with Crippen molar-refractivity contribution in [3.63, 3.8) is 0 Å². The average molecular weight is 206 g/mol. The molecule has 2 aromatic heterocycles. The van der Waals surface area contributed by atoms with E-state index in [0.29, 0.717) is 5.56 Å². The molecule has 2 heterocycles. The number of aromatic amines is 1. The molecule has 0 bridgehead atoms. The average Bonchev–Trinajstić information content (AvgIpc) is 2.60. The number of hydrogen-bond acceptors (Lipinski definition) is 3. The van der Waals surface area contributed by atoms with Crippen LogP contribution in [0.4, 0.5) is 0 Å². The van der Waals surface area contributed by atoms with Gasteiger partial charge in [-0.25, -0.2) is 4.52 Å². The van der Waals surface area contributed by atoms with E-state index < -0.39 is 0 Å². The van der Waals surface area contributed by atoms with Gasteiger partial charge in [0.2, 0.25) is 0 Å². The van der Waals surface area contributed by atoms with E-state index >= 15 is 0 Å². The molecule has 0 spiro atoms. The fourth-order valence-corrected chi connectivity index (χ4v) is 1.42. The van der Waals surface area contributed by atoms with Gasteiger partial charge in [-0.1, -0.05) is 0 Å². The van der Waals surface area contributed by atoms with E-state index in [0.717, 1.165) is 11.3 Å². The number of aromatic nitrogens is 3. The summed E-state index contributed by atoms with van der Waals surface area (Å²) in [7, 11) is 1.88. The molecule has 5 nitrogen and oxygen atoms in total. The van der Waals surface area contributed by atoms with Crippen molar-refractivity contribution in [2.45, 2.75) is 19.9 Å². The van der Waals surface area contributed by atoms with E-state index in [4.69, 9.17) is 0 Å². The maximum Gasteiger partial charge on any atom is 0.254 e. The van der Waals surface area contributed by atoms with Gasteiger partial charge in [0.25, 0.3) is 5.56 Å². The Morgan fingerprint density at radius 2 is 2.33 bits per heavy atom. The van der Waals surface area contributed by atoms with Gasteiger partial charge >= 0.3 is 0 Å². The van der Waals surface area contributed by atoms with Gasteiger partial charge in [0.05, 0.1) is 5.69 Å². The van der Waals surface area contributed by atoms with Crippen molar-refractivity contribution in [2.24, 2.45) is 0 Å². The minimum atomic E-state index is -0.0638. The Bertz CT molecular complexity index is 540. The topological polar surface area (TPSA) is 62.2 Å². The lowest BCUT2D eigenvalue weighted by atomic mass is 10.2. The summed E-state index contributed by atoms with van der Waals surface area (Å²) in [5, 5.41) is 7.47. The number of fused-ring (bicyclic) bond motifs is 1. The molecule has 0 aliphatic carbocycles. The van der Waals surface area contributed by atoms with Gasteiger partial charge in [0, 0.05) is 23.9 Å². The van der Waals surface area contributed by atoms with E-state index in [-0.39, 0.29) is 11.6 Å². The molecule has 5 heteroatoms. The quantitative estimate of drug-likeness (QED) is 0.756. The largest absolute Gasteiger partial charge is 0.312 e. The van der Waals surface area contributed by atoms with Crippen molar-refractivity contribution in [3.8, 4) is 0 Å². The Labute approximate surface area is 87.1 Å². The summed E-state index contributed by atoms with van der Waals surface area (Å²) in [6.07, 6.45) is 1.74. The molecule has 0 saturated carbocycles. The number of aryl methyl sites for hydroxylation is 1. The first-order valence-electron chi connectivity index (χ1n) is 4.88. The minimum Gasteiger partial charge on any atom is -0.312 e. The summed E-state index contributed by atoms with van der Waals surface area (Å²) in [6.45, 7) is 3.79. The third kappa shape index (κ3) is 1.66. The Morgan fingerprint density at radius 1 is 1.60 bits per heavy atom. The van der Waals surface area contributed by atoms with Crippen molar-refractivity contribution in [3.05, 3.63) is 33.9 Å². The Morgan fingerprint density at radius 3 is 3.00 bits per heavy atom. The predicted octanol–water partition coefficient (Wildman–Crippen LogP) is 0.611. The summed E-state index contributed by atoms with van der Waals surface area (Å²) in [5.74, 6) is 0. The van der Waals surface area contributed by atoms with E-state index in [1.807, 2.05) is 20.0 Å². The molecule has 2 N–H and O–H groups in total. The fourth-order valence-electron chi connectivity index (χ4n) is 1.42. The predicted molar refractivity (Wildman–Crippen MR) is 58.0 cm³/mol. The minimum absolute atomic E-state index is 0.0638. The van der Waals surface area contributed by atoms with E-state index in [2.05, 4.69) is 15.4 Å². The first-order chi connectivity index (χ1) is 7.11. The van der Waals surface area contributed by atoms with Crippen LogP contribution in [0.15, 0.2) is 17.1 Å². The highest BCUT2D eigenvalue weighted by atomic mass is 16.1. The van der Waals surface area contributed by atoms with E-state index in [9.17, 15) is 4.79 Å². The van der Waals surface area contributed by atoms with Crippen LogP contribution in [0.1, 0.15) is 24.2 Å². The van der Waals surface area contributed by atoms with Crippen molar-refractivity contribution in [1.29, 1.82) is 0 Å². The van der Waals surface area contributed by atoms with Gasteiger partial charge in [-0.15, -0.1) is 0 Å². The fraction of sp³-hybridized carbons (Fsp3) is 0.400. The van der Waals surface area contributed by atoms with E-state index in [1.165, 1.54) is 0 Å². The molecule has 0 amide bonds. The van der Waals surface area contributed by atoms with Crippen LogP contribution in [-0.2, 0) is 0 Å². The van der Waals surface area contributed by atoms with Crippen LogP contribution in [0.25, 0.3) is 5.65 Å². The molecule has 2 aromatic rings. The lowest BCUT2D eigenvalue weighted by Gasteiger charge is -2.03. The highest BCUT2D eigenvalue weighted by molar-refractivity contribution is 5.40. The van der Waals surface area contributed by atoms with Crippen LogP contribution in [0.2, 0.25) is 0 Å². The maximum absolute atomic E-state index is 11.4. The van der Waals surface area contributed by atoms with Gasteiger partial charge in [-0.3, -0.25) is 4.79 Å². The molecule has 0 fully saturated rings. The normalized spacial score (nSPS) is 13.3. The molecular formula is C10H14N4O. The molecule has 2 rings (SSSR count). The second-order valence-corrected chi connectivity index (χ2v) is 3.68. The van der Waals surface area contributed by atoms with Gasteiger partial charge in [-0.05, 0) is 20.9 Å². The van der Waals surface area contributed by atoms with Crippen LogP contribution < -0.4 is 10.9 Å². The lowest BCUT2D eigenvalue weighted by Crippen LogP contribution is -2.13. The summed E-state index contributed by atoms with van der Waals surface area (Å²) in [5.41, 5.74) is 2.24. The zero-order chi connectivity index (χ0) is 11.0. The molecule has 15 heavy (non-hydrogen) atoms. The Kier molecular flexibility index (Phi) is 2.32. The molecule has 0 radical (unpaired) electrons. The molecule has 0 unspecified atom stereocenters. The molecule has 0 aromatic carbocycles. The summed E-state index contributed by atoms with van der Waals surface area (Å²) >= 11 is 0. The summed E-state index contributed by atoms with van der Waals surface area (Å²) in [6, 6.07) is 2.05. The Balaban J connectivity index is 2.61. The molecule has 0 aliphatic heterocycles. The number of rotatable bonds is 2. The van der Waals surface area contributed by atoms with Crippen molar-refractivity contribution in [2.75, 3.05) is 7.05 Å². The number of nitrogens with one attached hydrogen (secondary N) is 2. The highest BCUT2D eigenvalue weighted by Gasteiger charge is 2.08. The van der Waals surface area contributed by atoms with Crippen LogP contribution in [0.3, 0.4) is 0 Å². The molecular weight excluding hydrogens is 192 g/mol. The molecule has 80 valence electrons. The smallest absolute Gasteiger partial charge is 0.254 e. The van der Waals surface area contributed by atoms with Gasteiger partial charge in [0.15, 0.2) is 0 Å². The third-order valence-electron chi connectivity index (χ3n) is 2.55. The van der Waals surface area contributed by atoms with Crippen LogP contribution in [0, 0.1) is 6.92 Å². The second-order valence-electron chi connectivity index (χ2n) is 3.68. The SMILES string of the molecule is CN[C@@H](C)c1cc2[nH]c(=O)c(C)cn2n1. The second kappa shape index (κ2) is 3.51. The number of hydrogen-bond donors (Lipinski definition) is 2. The summed E-state index contributed by atoms with van der Waals surface area (Å²) in [4.78, 5) is 14.1. The first-order valence-corrected chi connectivity index (χ1v) is 4.88. The molecule has 0 saturated heterocycles. The Hall–Kier alpha value is -1.62. The van der Waals surface area contributed by atoms with E-state index in [1.54, 1.807) is 17.6 Å². The lowest BCUT2D eigenvalue weighted by molar-refractivity contribution is 0.625. The maximum atomic E-state index is 11.4. The number of H-pyrrole nitrogens is 1. The van der Waals surface area contributed by atoms with Gasteiger partial charge < -0.3 is 10.3 Å². The summed E-state index contributed by atoms with van der Waals surface area (Å²) < 4.78 is 1.69. The third-order valence-corrected chi connectivity index (χ3v) is 2.55. The molecule has 1 atom stereocenters. The van der Waals surface area contributed by atoms with Gasteiger partial charge in [0.1, 0.15) is 5.65 Å². The van der Waals surface area contributed by atoms with Crippen molar-refractivity contribution in [1.82, 2.24) is 19.9 Å². The monoisotopic (exact) mass is 206 g/mol. The number of nitrogens with zero attached hydrogens (tertiary/aromatic N) is 2. The highest BCUT2D eigenvalue weighted by Crippen LogP contribution is 2.10. The first kappa shape index (κ1) is 9.92.